The summed E-state index contributed by atoms with van der Waals surface area (Å²) in [6.07, 6.45) is 0. The van der Waals surface area contributed by atoms with Crippen molar-refractivity contribution in [2.75, 3.05) is 5.32 Å². The molecule has 0 aliphatic carbocycles. The number of nitrogens with two attached hydrogens (primary N) is 1. The zero-order chi connectivity index (χ0) is 15.4. The fourth-order valence-corrected chi connectivity index (χ4v) is 2.16. The monoisotopic (exact) mass is 349 g/mol. The average molecular weight is 350 g/mol. The first-order valence-corrected chi connectivity index (χ1v) is 6.83. The maximum atomic E-state index is 11.0. The number of benzene rings is 2. The van der Waals surface area contributed by atoms with Gasteiger partial charge in [0, 0.05) is 23.9 Å². The highest BCUT2D eigenvalue weighted by Gasteiger charge is 2.12. The number of halogens is 1. The van der Waals surface area contributed by atoms with Crippen molar-refractivity contribution < 1.29 is 9.72 Å². The number of nitrogens with zero attached hydrogens (tertiary/aromatic N) is 1. The Morgan fingerprint density at radius 1 is 1.24 bits per heavy atom. The van der Waals surface area contributed by atoms with E-state index in [1.807, 2.05) is 0 Å². The number of carbonyl (C=O) groups excluding carboxylic acids is 1. The number of anilines is 1. The van der Waals surface area contributed by atoms with E-state index in [1.54, 1.807) is 36.4 Å². The minimum atomic E-state index is -0.481. The predicted octanol–water partition coefficient (Wildman–Crippen LogP) is 3.07. The van der Waals surface area contributed by atoms with Gasteiger partial charge in [0.15, 0.2) is 0 Å². The van der Waals surface area contributed by atoms with Crippen molar-refractivity contribution in [3.8, 4) is 0 Å². The van der Waals surface area contributed by atoms with E-state index >= 15 is 0 Å². The summed E-state index contributed by atoms with van der Waals surface area (Å²) < 4.78 is 0.446. The highest BCUT2D eigenvalue weighted by Crippen LogP contribution is 2.26. The van der Waals surface area contributed by atoms with E-state index < -0.39 is 10.8 Å². The number of rotatable bonds is 5. The van der Waals surface area contributed by atoms with Gasteiger partial charge in [-0.25, -0.2) is 0 Å². The van der Waals surface area contributed by atoms with Crippen molar-refractivity contribution in [2.24, 2.45) is 5.73 Å². The van der Waals surface area contributed by atoms with Crippen molar-refractivity contribution in [1.29, 1.82) is 0 Å². The molecule has 0 saturated carbocycles. The molecular weight excluding hydrogens is 338 g/mol. The molecule has 7 heteroatoms. The second kappa shape index (κ2) is 6.36. The molecule has 2 aromatic carbocycles. The summed E-state index contributed by atoms with van der Waals surface area (Å²) in [4.78, 5) is 21.4. The van der Waals surface area contributed by atoms with E-state index in [9.17, 15) is 14.9 Å². The Morgan fingerprint density at radius 2 is 1.90 bits per heavy atom. The van der Waals surface area contributed by atoms with Crippen molar-refractivity contribution in [3.05, 3.63) is 68.2 Å². The number of nitrogens with one attached hydrogen (secondary N) is 1. The fraction of sp³-hybridized carbons (Fsp3) is 0.0714. The molecule has 2 rings (SSSR count). The van der Waals surface area contributed by atoms with E-state index in [2.05, 4.69) is 21.2 Å². The molecule has 2 aromatic rings. The number of hydrogen-bond acceptors (Lipinski definition) is 4. The number of nitro groups is 1. The molecule has 108 valence electrons. The lowest BCUT2D eigenvalue weighted by molar-refractivity contribution is -0.385. The molecule has 0 radical (unpaired) electrons. The summed E-state index contributed by atoms with van der Waals surface area (Å²) in [5, 5.41) is 14.0. The van der Waals surface area contributed by atoms with Crippen LogP contribution in [0.4, 0.5) is 11.4 Å². The molecule has 0 aromatic heterocycles. The molecule has 0 heterocycles. The highest BCUT2D eigenvalue weighted by molar-refractivity contribution is 9.10. The molecule has 0 unspecified atom stereocenters. The fourth-order valence-electron chi connectivity index (χ4n) is 1.76. The van der Waals surface area contributed by atoms with Crippen LogP contribution in [-0.2, 0) is 6.54 Å². The van der Waals surface area contributed by atoms with Gasteiger partial charge in [0.25, 0.3) is 5.69 Å². The molecule has 0 spiro atoms. The Hall–Kier alpha value is -2.41. The Balaban J connectivity index is 2.07. The van der Waals surface area contributed by atoms with Crippen LogP contribution >= 0.6 is 15.9 Å². The minimum absolute atomic E-state index is 0.0263. The lowest BCUT2D eigenvalue weighted by atomic mass is 10.1. The zero-order valence-electron chi connectivity index (χ0n) is 10.9. The Morgan fingerprint density at radius 3 is 2.48 bits per heavy atom. The van der Waals surface area contributed by atoms with Crippen LogP contribution in [0.2, 0.25) is 0 Å². The summed E-state index contributed by atoms with van der Waals surface area (Å²) in [5.74, 6) is -0.481. The zero-order valence-corrected chi connectivity index (χ0v) is 12.5. The van der Waals surface area contributed by atoms with Crippen LogP contribution in [0.5, 0.6) is 0 Å². The smallest absolute Gasteiger partial charge is 0.283 e. The van der Waals surface area contributed by atoms with E-state index in [-0.39, 0.29) is 5.69 Å². The second-order valence-corrected chi connectivity index (χ2v) is 5.19. The van der Waals surface area contributed by atoms with Crippen LogP contribution < -0.4 is 11.1 Å². The van der Waals surface area contributed by atoms with Crippen LogP contribution in [0, 0.1) is 10.1 Å². The van der Waals surface area contributed by atoms with Gasteiger partial charge in [-0.3, -0.25) is 14.9 Å². The molecule has 0 fully saturated rings. The van der Waals surface area contributed by atoms with Crippen LogP contribution in [-0.4, -0.2) is 10.8 Å². The third-order valence-electron chi connectivity index (χ3n) is 2.87. The van der Waals surface area contributed by atoms with Crippen molar-refractivity contribution in [3.63, 3.8) is 0 Å². The Kier molecular flexibility index (Phi) is 4.54. The van der Waals surface area contributed by atoms with Crippen molar-refractivity contribution >= 4 is 33.2 Å². The van der Waals surface area contributed by atoms with Gasteiger partial charge >= 0.3 is 0 Å². The van der Waals surface area contributed by atoms with E-state index in [1.165, 1.54) is 6.07 Å². The molecule has 1 amide bonds. The molecule has 3 N–H and O–H groups in total. The van der Waals surface area contributed by atoms with Crippen molar-refractivity contribution in [1.82, 2.24) is 0 Å². The Bertz CT molecular complexity index is 686. The number of primary amides is 1. The van der Waals surface area contributed by atoms with Gasteiger partial charge in [0.05, 0.1) is 9.40 Å². The molecule has 0 atom stereocenters. The van der Waals surface area contributed by atoms with Gasteiger partial charge in [-0.05, 0) is 51.8 Å². The topological polar surface area (TPSA) is 98.3 Å². The normalized spacial score (nSPS) is 10.1. The molecule has 6 nitrogen and oxygen atoms in total. The van der Waals surface area contributed by atoms with Crippen LogP contribution in [0.25, 0.3) is 0 Å². The summed E-state index contributed by atoms with van der Waals surface area (Å²) in [7, 11) is 0. The van der Waals surface area contributed by atoms with Gasteiger partial charge in [0.2, 0.25) is 5.91 Å². The molecule has 21 heavy (non-hydrogen) atoms. The molecular formula is C14H12BrN3O3. The number of hydrogen-bond donors (Lipinski definition) is 2. The first-order valence-electron chi connectivity index (χ1n) is 6.04. The highest BCUT2D eigenvalue weighted by atomic mass is 79.9. The SMILES string of the molecule is NC(=O)c1ccc(NCc2ccc(Br)c([N+](=O)[O-])c2)cc1. The molecule has 0 saturated heterocycles. The quantitative estimate of drug-likeness (QED) is 0.640. The lowest BCUT2D eigenvalue weighted by Crippen LogP contribution is -2.10. The third-order valence-corrected chi connectivity index (χ3v) is 3.54. The van der Waals surface area contributed by atoms with Gasteiger partial charge in [0.1, 0.15) is 0 Å². The summed E-state index contributed by atoms with van der Waals surface area (Å²) in [6, 6.07) is 11.6. The standard InChI is InChI=1S/C14H12BrN3O3/c15-12-6-1-9(7-13(12)18(20)21)8-17-11-4-2-10(3-5-11)14(16)19/h1-7,17H,8H2,(H2,16,19). The maximum absolute atomic E-state index is 11.0. The summed E-state index contributed by atoms with van der Waals surface area (Å²) >= 11 is 3.14. The first kappa shape index (κ1) is 15.0. The average Bonchev–Trinajstić information content (AvgIpc) is 2.46. The number of nitro benzene ring substituents is 1. The largest absolute Gasteiger partial charge is 0.381 e. The van der Waals surface area contributed by atoms with Gasteiger partial charge in [-0.1, -0.05) is 6.07 Å². The number of carbonyl (C=O) groups is 1. The van der Waals surface area contributed by atoms with E-state index in [0.29, 0.717) is 16.6 Å². The third kappa shape index (κ3) is 3.79. The van der Waals surface area contributed by atoms with Crippen LogP contribution in [0.3, 0.4) is 0 Å². The molecule has 0 aliphatic rings. The first-order chi connectivity index (χ1) is 9.97. The van der Waals surface area contributed by atoms with Crippen LogP contribution in [0.15, 0.2) is 46.9 Å². The van der Waals surface area contributed by atoms with Crippen molar-refractivity contribution in [2.45, 2.75) is 6.54 Å². The lowest BCUT2D eigenvalue weighted by Gasteiger charge is -2.07. The second-order valence-electron chi connectivity index (χ2n) is 4.34. The minimum Gasteiger partial charge on any atom is -0.381 e. The van der Waals surface area contributed by atoms with Crippen LogP contribution in [0.1, 0.15) is 15.9 Å². The van der Waals surface area contributed by atoms with E-state index in [0.717, 1.165) is 11.3 Å². The maximum Gasteiger partial charge on any atom is 0.283 e. The molecule has 0 aliphatic heterocycles. The predicted molar refractivity (Wildman–Crippen MR) is 83.1 cm³/mol. The number of amides is 1. The Labute approximate surface area is 129 Å². The van der Waals surface area contributed by atoms with Gasteiger partial charge < -0.3 is 11.1 Å². The van der Waals surface area contributed by atoms with Gasteiger partial charge in [-0.2, -0.15) is 0 Å². The summed E-state index contributed by atoms with van der Waals surface area (Å²) in [5.41, 5.74) is 7.20. The van der Waals surface area contributed by atoms with Gasteiger partial charge in [-0.15, -0.1) is 0 Å². The summed E-state index contributed by atoms with van der Waals surface area (Å²) in [6.45, 7) is 0.435. The van der Waals surface area contributed by atoms with E-state index in [4.69, 9.17) is 5.73 Å². The molecule has 0 bridgehead atoms.